The molecule has 0 fully saturated rings. The lowest BCUT2D eigenvalue weighted by molar-refractivity contribution is -0.134. The van der Waals surface area contributed by atoms with E-state index in [1.54, 1.807) is 4.90 Å². The molecular formula is C20H26N4O2. The Hall–Kier alpha value is -2.63. The predicted octanol–water partition coefficient (Wildman–Crippen LogP) is 3.81. The predicted molar refractivity (Wildman–Crippen MR) is 101 cm³/mol. The lowest BCUT2D eigenvalue weighted by Crippen LogP contribution is -2.34. The second kappa shape index (κ2) is 7.32. The summed E-state index contributed by atoms with van der Waals surface area (Å²) in [5.41, 5.74) is 3.75. The standard InChI is InChI=1S/C20H26N4O2/c1-6-17(20(25)23(5)12-15-13(3)22-26-14(15)4)24-18-11-9-8-10-16(18)21-19(24)7-2/h8-11,17H,6-7,12H2,1-5H3/t17-/m1/s1. The Balaban J connectivity index is 1.95. The molecule has 1 aromatic carbocycles. The highest BCUT2D eigenvalue weighted by Crippen LogP contribution is 2.26. The minimum absolute atomic E-state index is 0.0744. The van der Waals surface area contributed by atoms with Crippen LogP contribution in [-0.2, 0) is 17.8 Å². The zero-order valence-corrected chi connectivity index (χ0v) is 16.1. The molecule has 0 unspecified atom stereocenters. The van der Waals surface area contributed by atoms with Crippen LogP contribution in [0, 0.1) is 13.8 Å². The molecule has 0 aliphatic rings. The molecule has 0 aliphatic heterocycles. The van der Waals surface area contributed by atoms with Gasteiger partial charge in [0.25, 0.3) is 0 Å². The summed E-state index contributed by atoms with van der Waals surface area (Å²) in [5.74, 6) is 1.78. The molecule has 0 bridgehead atoms. The van der Waals surface area contributed by atoms with Crippen LogP contribution in [0.25, 0.3) is 11.0 Å². The first kappa shape index (κ1) is 18.2. The van der Waals surface area contributed by atoms with Crippen LogP contribution in [0.2, 0.25) is 0 Å². The first-order valence-corrected chi connectivity index (χ1v) is 9.10. The molecule has 6 heteroatoms. The van der Waals surface area contributed by atoms with E-state index in [1.807, 2.05) is 52.1 Å². The minimum Gasteiger partial charge on any atom is -0.361 e. The summed E-state index contributed by atoms with van der Waals surface area (Å²) in [6.07, 6.45) is 1.49. The Kier molecular flexibility index (Phi) is 5.11. The van der Waals surface area contributed by atoms with Gasteiger partial charge in [-0.1, -0.05) is 31.1 Å². The van der Waals surface area contributed by atoms with Gasteiger partial charge in [0.1, 0.15) is 17.6 Å². The van der Waals surface area contributed by atoms with Crippen molar-refractivity contribution in [2.45, 2.75) is 53.1 Å². The second-order valence-electron chi connectivity index (χ2n) is 6.66. The normalized spacial score (nSPS) is 12.5. The van der Waals surface area contributed by atoms with Crippen molar-refractivity contribution in [2.75, 3.05) is 7.05 Å². The average molecular weight is 354 g/mol. The summed E-state index contributed by atoms with van der Waals surface area (Å²) in [5, 5.41) is 3.98. The van der Waals surface area contributed by atoms with Gasteiger partial charge in [-0.15, -0.1) is 0 Å². The molecule has 0 saturated carbocycles. The van der Waals surface area contributed by atoms with Crippen molar-refractivity contribution in [1.29, 1.82) is 0 Å². The van der Waals surface area contributed by atoms with Gasteiger partial charge in [0.05, 0.1) is 23.3 Å². The van der Waals surface area contributed by atoms with Crippen LogP contribution in [0.1, 0.15) is 49.2 Å². The van der Waals surface area contributed by atoms with Crippen molar-refractivity contribution in [3.8, 4) is 0 Å². The smallest absolute Gasteiger partial charge is 0.245 e. The summed E-state index contributed by atoms with van der Waals surface area (Å²) < 4.78 is 7.32. The summed E-state index contributed by atoms with van der Waals surface area (Å²) >= 11 is 0. The van der Waals surface area contributed by atoms with Crippen LogP contribution < -0.4 is 0 Å². The monoisotopic (exact) mass is 354 g/mol. The number of likely N-dealkylation sites (N-methyl/N-ethyl adjacent to an activating group) is 1. The summed E-state index contributed by atoms with van der Waals surface area (Å²) in [4.78, 5) is 19.7. The Morgan fingerprint density at radius 3 is 2.62 bits per heavy atom. The highest BCUT2D eigenvalue weighted by atomic mass is 16.5. The van der Waals surface area contributed by atoms with Gasteiger partial charge >= 0.3 is 0 Å². The van der Waals surface area contributed by atoms with Crippen LogP contribution >= 0.6 is 0 Å². The lowest BCUT2D eigenvalue weighted by atomic mass is 10.1. The third kappa shape index (κ3) is 3.11. The maximum Gasteiger partial charge on any atom is 0.245 e. The Morgan fingerprint density at radius 2 is 2.00 bits per heavy atom. The molecule has 3 aromatic rings. The molecule has 2 aromatic heterocycles. The second-order valence-corrected chi connectivity index (χ2v) is 6.66. The molecule has 0 aliphatic carbocycles. The van der Waals surface area contributed by atoms with Crippen molar-refractivity contribution in [3.63, 3.8) is 0 Å². The molecule has 138 valence electrons. The largest absolute Gasteiger partial charge is 0.361 e. The molecule has 26 heavy (non-hydrogen) atoms. The van der Waals surface area contributed by atoms with E-state index in [9.17, 15) is 4.79 Å². The number of aryl methyl sites for hydroxylation is 3. The molecule has 2 heterocycles. The van der Waals surface area contributed by atoms with Crippen LogP contribution in [0.15, 0.2) is 28.8 Å². The number of benzene rings is 1. The van der Waals surface area contributed by atoms with Gasteiger partial charge in [0, 0.05) is 19.0 Å². The number of imidazole rings is 1. The Labute approximate surface area is 153 Å². The van der Waals surface area contributed by atoms with Crippen LogP contribution in [0.3, 0.4) is 0 Å². The van der Waals surface area contributed by atoms with E-state index in [0.717, 1.165) is 40.3 Å². The number of para-hydroxylation sites is 2. The van der Waals surface area contributed by atoms with Gasteiger partial charge in [0.15, 0.2) is 0 Å². The molecule has 1 atom stereocenters. The summed E-state index contributed by atoms with van der Waals surface area (Å²) in [7, 11) is 1.83. The molecule has 6 nitrogen and oxygen atoms in total. The molecule has 3 rings (SSSR count). The first-order valence-electron chi connectivity index (χ1n) is 9.10. The maximum absolute atomic E-state index is 13.3. The van der Waals surface area contributed by atoms with E-state index in [4.69, 9.17) is 9.51 Å². The minimum atomic E-state index is -0.275. The fourth-order valence-corrected chi connectivity index (χ4v) is 3.46. The third-order valence-electron chi connectivity index (χ3n) is 4.92. The van der Waals surface area contributed by atoms with Gasteiger partial charge in [-0.05, 0) is 32.4 Å². The van der Waals surface area contributed by atoms with E-state index in [-0.39, 0.29) is 11.9 Å². The fraction of sp³-hybridized carbons (Fsp3) is 0.450. The van der Waals surface area contributed by atoms with E-state index in [0.29, 0.717) is 13.0 Å². The van der Waals surface area contributed by atoms with Gasteiger partial charge in [-0.3, -0.25) is 4.79 Å². The molecule has 0 saturated heterocycles. The molecule has 0 radical (unpaired) electrons. The van der Waals surface area contributed by atoms with Crippen molar-refractivity contribution < 1.29 is 9.32 Å². The number of hydrogen-bond acceptors (Lipinski definition) is 4. The van der Waals surface area contributed by atoms with Crippen molar-refractivity contribution in [1.82, 2.24) is 19.6 Å². The Morgan fingerprint density at radius 1 is 1.27 bits per heavy atom. The fourth-order valence-electron chi connectivity index (χ4n) is 3.46. The van der Waals surface area contributed by atoms with Crippen molar-refractivity contribution >= 4 is 16.9 Å². The Bertz CT molecular complexity index is 906. The van der Waals surface area contributed by atoms with E-state index < -0.39 is 0 Å². The zero-order chi connectivity index (χ0) is 18.8. The number of aromatic nitrogens is 3. The van der Waals surface area contributed by atoms with Gasteiger partial charge in [0.2, 0.25) is 5.91 Å². The summed E-state index contributed by atoms with van der Waals surface area (Å²) in [6, 6.07) is 7.72. The number of fused-ring (bicyclic) bond motifs is 1. The van der Waals surface area contributed by atoms with Gasteiger partial charge in [-0.25, -0.2) is 4.98 Å². The molecule has 1 amide bonds. The van der Waals surface area contributed by atoms with Gasteiger partial charge < -0.3 is 14.0 Å². The van der Waals surface area contributed by atoms with E-state index in [1.165, 1.54) is 0 Å². The van der Waals surface area contributed by atoms with E-state index in [2.05, 4.69) is 16.6 Å². The third-order valence-corrected chi connectivity index (χ3v) is 4.92. The SMILES string of the molecule is CCc1nc2ccccc2n1[C@H](CC)C(=O)N(C)Cc1c(C)noc1C. The number of nitrogens with zero attached hydrogens (tertiary/aromatic N) is 4. The molecule has 0 spiro atoms. The van der Waals surface area contributed by atoms with Crippen LogP contribution in [0.5, 0.6) is 0 Å². The topological polar surface area (TPSA) is 64.2 Å². The summed E-state index contributed by atoms with van der Waals surface area (Å²) in [6.45, 7) is 8.39. The molecule has 0 N–H and O–H groups in total. The van der Waals surface area contributed by atoms with Gasteiger partial charge in [-0.2, -0.15) is 0 Å². The van der Waals surface area contributed by atoms with Crippen LogP contribution in [-0.4, -0.2) is 32.6 Å². The van der Waals surface area contributed by atoms with Crippen molar-refractivity contribution in [3.05, 3.63) is 47.1 Å². The first-order chi connectivity index (χ1) is 12.5. The van der Waals surface area contributed by atoms with Crippen molar-refractivity contribution in [2.24, 2.45) is 0 Å². The van der Waals surface area contributed by atoms with E-state index >= 15 is 0 Å². The number of amides is 1. The number of hydrogen-bond donors (Lipinski definition) is 0. The lowest BCUT2D eigenvalue weighted by Gasteiger charge is -2.25. The number of carbonyl (C=O) groups is 1. The van der Waals surface area contributed by atoms with Crippen LogP contribution in [0.4, 0.5) is 0 Å². The molecular weight excluding hydrogens is 328 g/mol. The average Bonchev–Trinajstić information content (AvgIpc) is 3.17. The zero-order valence-electron chi connectivity index (χ0n) is 16.1. The maximum atomic E-state index is 13.3. The number of carbonyl (C=O) groups excluding carboxylic acids is 1. The quantitative estimate of drug-likeness (QED) is 0.675. The highest BCUT2D eigenvalue weighted by Gasteiger charge is 2.27. The highest BCUT2D eigenvalue weighted by molar-refractivity contribution is 5.84. The number of rotatable bonds is 6.